The Balaban J connectivity index is 1.94. The molecule has 5 heteroatoms. The lowest BCUT2D eigenvalue weighted by atomic mass is 10.1. The van der Waals surface area contributed by atoms with Crippen LogP contribution in [0.3, 0.4) is 0 Å². The molecule has 1 fully saturated rings. The minimum absolute atomic E-state index is 0.104. The number of anilines is 1. The van der Waals surface area contributed by atoms with E-state index in [9.17, 15) is 9.59 Å². The summed E-state index contributed by atoms with van der Waals surface area (Å²) in [6.07, 6.45) is 3.35. The van der Waals surface area contributed by atoms with Gasteiger partial charge in [0, 0.05) is 18.8 Å². The number of carbonyl (C=O) groups is 2. The number of carboxylic acids is 1. The van der Waals surface area contributed by atoms with Gasteiger partial charge in [0.1, 0.15) is 6.04 Å². The van der Waals surface area contributed by atoms with E-state index >= 15 is 0 Å². The van der Waals surface area contributed by atoms with Gasteiger partial charge in [0.15, 0.2) is 0 Å². The minimum atomic E-state index is -0.950. The van der Waals surface area contributed by atoms with Gasteiger partial charge in [-0.15, -0.1) is 0 Å². The number of aromatic carboxylic acids is 1. The highest BCUT2D eigenvalue weighted by molar-refractivity contribution is 5.88. The molecule has 1 aliphatic heterocycles. The van der Waals surface area contributed by atoms with Crippen LogP contribution in [0, 0.1) is 0 Å². The molecule has 2 N–H and O–H groups in total. The molecule has 5 nitrogen and oxygen atoms in total. The van der Waals surface area contributed by atoms with E-state index in [0.717, 1.165) is 31.6 Å². The maximum Gasteiger partial charge on any atom is 0.335 e. The third-order valence-corrected chi connectivity index (χ3v) is 3.55. The lowest BCUT2D eigenvalue weighted by Crippen LogP contribution is -2.43. The van der Waals surface area contributed by atoms with Gasteiger partial charge in [-0.05, 0) is 50.5 Å². The van der Waals surface area contributed by atoms with Crippen molar-refractivity contribution >= 4 is 17.6 Å². The number of piperidine rings is 1. The number of hydrogen-bond acceptors (Lipinski definition) is 3. The summed E-state index contributed by atoms with van der Waals surface area (Å²) >= 11 is 0. The third kappa shape index (κ3) is 3.50. The van der Waals surface area contributed by atoms with Gasteiger partial charge in [-0.3, -0.25) is 4.79 Å². The van der Waals surface area contributed by atoms with Crippen LogP contribution in [-0.4, -0.2) is 41.0 Å². The molecule has 108 valence electrons. The van der Waals surface area contributed by atoms with Crippen molar-refractivity contribution in [1.82, 2.24) is 4.90 Å². The lowest BCUT2D eigenvalue weighted by Gasteiger charge is -2.29. The fourth-order valence-corrected chi connectivity index (χ4v) is 2.41. The van der Waals surface area contributed by atoms with Gasteiger partial charge in [0.2, 0.25) is 5.91 Å². The summed E-state index contributed by atoms with van der Waals surface area (Å²) < 4.78 is 0. The first-order chi connectivity index (χ1) is 9.58. The van der Waals surface area contributed by atoms with E-state index in [1.807, 2.05) is 11.8 Å². The summed E-state index contributed by atoms with van der Waals surface area (Å²) in [4.78, 5) is 24.9. The Hall–Kier alpha value is -2.04. The van der Waals surface area contributed by atoms with Crippen molar-refractivity contribution in [2.24, 2.45) is 0 Å². The fraction of sp³-hybridized carbons (Fsp3) is 0.467. The van der Waals surface area contributed by atoms with E-state index < -0.39 is 5.97 Å². The zero-order chi connectivity index (χ0) is 14.5. The van der Waals surface area contributed by atoms with Crippen molar-refractivity contribution < 1.29 is 14.7 Å². The molecule has 0 aromatic heterocycles. The summed E-state index contributed by atoms with van der Waals surface area (Å²) in [5.41, 5.74) is 0.999. The number of hydrogen-bond donors (Lipinski definition) is 2. The quantitative estimate of drug-likeness (QED) is 0.884. The molecule has 0 spiro atoms. The van der Waals surface area contributed by atoms with Gasteiger partial charge in [0.05, 0.1) is 5.56 Å². The molecule has 0 aliphatic carbocycles. The maximum atomic E-state index is 12.2. The first-order valence-electron chi connectivity index (χ1n) is 6.96. The van der Waals surface area contributed by atoms with Crippen LogP contribution < -0.4 is 5.32 Å². The van der Waals surface area contributed by atoms with Gasteiger partial charge in [0.25, 0.3) is 0 Å². The Bertz CT molecular complexity index is 478. The van der Waals surface area contributed by atoms with Gasteiger partial charge >= 0.3 is 5.97 Å². The standard InChI is InChI=1S/C15H20N2O3/c1-11(14(18)17-9-3-2-4-10-17)16-13-7-5-12(6-8-13)15(19)20/h5-8,11,16H,2-4,9-10H2,1H3,(H,19,20). The van der Waals surface area contributed by atoms with E-state index in [1.165, 1.54) is 18.6 Å². The predicted octanol–water partition coefficient (Wildman–Crippen LogP) is 2.20. The number of rotatable bonds is 4. The largest absolute Gasteiger partial charge is 0.478 e. The summed E-state index contributed by atoms with van der Waals surface area (Å²) in [6.45, 7) is 3.51. The van der Waals surface area contributed by atoms with E-state index in [-0.39, 0.29) is 17.5 Å². The topological polar surface area (TPSA) is 69.6 Å². The van der Waals surface area contributed by atoms with Crippen molar-refractivity contribution in [1.29, 1.82) is 0 Å². The molecular formula is C15H20N2O3. The summed E-state index contributed by atoms with van der Waals surface area (Å²) in [5, 5.41) is 12.0. The molecule has 1 atom stereocenters. The molecule has 1 heterocycles. The molecule has 1 aromatic rings. The van der Waals surface area contributed by atoms with Crippen LogP contribution in [0.15, 0.2) is 24.3 Å². The number of nitrogens with one attached hydrogen (secondary N) is 1. The normalized spacial score (nSPS) is 16.6. The number of likely N-dealkylation sites (tertiary alicyclic amines) is 1. The average Bonchev–Trinajstić information content (AvgIpc) is 2.48. The molecule has 1 aromatic carbocycles. The van der Waals surface area contributed by atoms with Crippen molar-refractivity contribution in [3.05, 3.63) is 29.8 Å². The average molecular weight is 276 g/mol. The number of nitrogens with zero attached hydrogens (tertiary/aromatic N) is 1. The van der Waals surface area contributed by atoms with Gasteiger partial charge in [-0.25, -0.2) is 4.79 Å². The Morgan fingerprint density at radius 2 is 1.75 bits per heavy atom. The molecule has 1 amide bonds. The van der Waals surface area contributed by atoms with Crippen LogP contribution in [0.5, 0.6) is 0 Å². The molecule has 1 aliphatic rings. The van der Waals surface area contributed by atoms with Crippen molar-refractivity contribution in [3.8, 4) is 0 Å². The highest BCUT2D eigenvalue weighted by atomic mass is 16.4. The van der Waals surface area contributed by atoms with Gasteiger partial charge in [-0.1, -0.05) is 0 Å². The Labute approximate surface area is 118 Å². The first-order valence-corrected chi connectivity index (χ1v) is 6.96. The molecule has 0 radical (unpaired) electrons. The Morgan fingerprint density at radius 1 is 1.15 bits per heavy atom. The molecular weight excluding hydrogens is 256 g/mol. The highest BCUT2D eigenvalue weighted by Gasteiger charge is 2.21. The Kier molecular flexibility index (Phi) is 4.61. The molecule has 0 bridgehead atoms. The van der Waals surface area contributed by atoms with E-state index in [4.69, 9.17) is 5.11 Å². The summed E-state index contributed by atoms with van der Waals surface area (Å²) in [6, 6.07) is 6.13. The van der Waals surface area contributed by atoms with Crippen LogP contribution in [0.4, 0.5) is 5.69 Å². The van der Waals surface area contributed by atoms with Gasteiger partial charge in [-0.2, -0.15) is 0 Å². The monoisotopic (exact) mass is 276 g/mol. The molecule has 1 unspecified atom stereocenters. The second kappa shape index (κ2) is 6.41. The van der Waals surface area contributed by atoms with Crippen LogP contribution in [0.1, 0.15) is 36.5 Å². The molecule has 1 saturated heterocycles. The van der Waals surface area contributed by atoms with Crippen LogP contribution in [0.25, 0.3) is 0 Å². The SMILES string of the molecule is CC(Nc1ccc(C(=O)O)cc1)C(=O)N1CCCCC1. The van der Waals surface area contributed by atoms with E-state index in [1.54, 1.807) is 12.1 Å². The zero-order valence-electron chi connectivity index (χ0n) is 11.6. The van der Waals surface area contributed by atoms with Gasteiger partial charge < -0.3 is 15.3 Å². The van der Waals surface area contributed by atoms with Crippen LogP contribution in [0.2, 0.25) is 0 Å². The second-order valence-corrected chi connectivity index (χ2v) is 5.13. The lowest BCUT2D eigenvalue weighted by molar-refractivity contribution is -0.132. The summed E-state index contributed by atoms with van der Waals surface area (Å²) in [7, 11) is 0. The van der Waals surface area contributed by atoms with Crippen molar-refractivity contribution in [3.63, 3.8) is 0 Å². The zero-order valence-corrected chi connectivity index (χ0v) is 11.6. The molecule has 2 rings (SSSR count). The molecule has 0 saturated carbocycles. The van der Waals surface area contributed by atoms with Crippen LogP contribution >= 0.6 is 0 Å². The second-order valence-electron chi connectivity index (χ2n) is 5.13. The number of carbonyl (C=O) groups excluding carboxylic acids is 1. The Morgan fingerprint density at radius 3 is 2.30 bits per heavy atom. The number of benzene rings is 1. The van der Waals surface area contributed by atoms with Crippen LogP contribution in [-0.2, 0) is 4.79 Å². The minimum Gasteiger partial charge on any atom is -0.478 e. The summed E-state index contributed by atoms with van der Waals surface area (Å²) in [5.74, 6) is -0.846. The fourth-order valence-electron chi connectivity index (χ4n) is 2.41. The molecule has 20 heavy (non-hydrogen) atoms. The van der Waals surface area contributed by atoms with Crippen molar-refractivity contribution in [2.45, 2.75) is 32.2 Å². The smallest absolute Gasteiger partial charge is 0.335 e. The third-order valence-electron chi connectivity index (χ3n) is 3.55. The van der Waals surface area contributed by atoms with Crippen molar-refractivity contribution in [2.75, 3.05) is 18.4 Å². The number of amides is 1. The maximum absolute atomic E-state index is 12.2. The number of carboxylic acid groups (broad SMARTS) is 1. The van der Waals surface area contributed by atoms with E-state index in [2.05, 4.69) is 5.32 Å². The predicted molar refractivity (Wildman–Crippen MR) is 76.9 cm³/mol. The first kappa shape index (κ1) is 14.4. The highest BCUT2D eigenvalue weighted by Crippen LogP contribution is 2.14. The van der Waals surface area contributed by atoms with E-state index in [0.29, 0.717) is 0 Å².